The topological polar surface area (TPSA) is 105 Å². The number of aromatic nitrogens is 1. The molecule has 29 heavy (non-hydrogen) atoms. The van der Waals surface area contributed by atoms with Gasteiger partial charge in [0.2, 0.25) is 5.91 Å². The summed E-state index contributed by atoms with van der Waals surface area (Å²) >= 11 is 0. The third kappa shape index (κ3) is 3.94. The van der Waals surface area contributed by atoms with E-state index in [1.165, 1.54) is 18.2 Å². The summed E-state index contributed by atoms with van der Waals surface area (Å²) in [6.45, 7) is 0. The molecule has 7 heteroatoms. The second-order valence-electron chi connectivity index (χ2n) is 7.05. The summed E-state index contributed by atoms with van der Waals surface area (Å²) in [6.07, 6.45) is 6.78. The van der Waals surface area contributed by atoms with Gasteiger partial charge in [-0.1, -0.05) is 6.07 Å². The largest absolute Gasteiger partial charge is 0.322 e. The molecule has 3 aromatic rings. The average molecular weight is 389 g/mol. The lowest BCUT2D eigenvalue weighted by molar-refractivity contribution is -0.384. The number of rotatable bonds is 4. The predicted octanol–water partition coefficient (Wildman–Crippen LogP) is 3.97. The van der Waals surface area contributed by atoms with Gasteiger partial charge in [0.15, 0.2) is 0 Å². The van der Waals surface area contributed by atoms with Crippen molar-refractivity contribution in [3.05, 3.63) is 85.7 Å². The Morgan fingerprint density at radius 3 is 2.52 bits per heavy atom. The number of nitro groups is 1. The minimum atomic E-state index is -0.471. The van der Waals surface area contributed by atoms with Gasteiger partial charge in [0, 0.05) is 34.8 Å². The van der Waals surface area contributed by atoms with E-state index in [4.69, 9.17) is 0 Å². The quantitative estimate of drug-likeness (QED) is 0.400. The predicted molar refractivity (Wildman–Crippen MR) is 112 cm³/mol. The molecule has 1 amide bonds. The molecule has 0 saturated carbocycles. The van der Waals surface area contributed by atoms with Crippen molar-refractivity contribution in [2.75, 3.05) is 5.32 Å². The number of carbonyl (C=O) groups excluding carboxylic acids is 1. The highest BCUT2D eigenvalue weighted by Gasteiger charge is 2.16. The number of hydrogen-bond acceptors (Lipinski definition) is 4. The minimum absolute atomic E-state index is 0.000976. The molecule has 4 rings (SSSR count). The third-order valence-corrected chi connectivity index (χ3v) is 5.13. The number of fused-ring (bicyclic) bond motifs is 3. The van der Waals surface area contributed by atoms with E-state index in [0.29, 0.717) is 16.8 Å². The van der Waals surface area contributed by atoms with Crippen LogP contribution in [0.1, 0.15) is 29.5 Å². The Morgan fingerprint density at radius 2 is 1.79 bits per heavy atom. The summed E-state index contributed by atoms with van der Waals surface area (Å²) in [7, 11) is 0. The van der Waals surface area contributed by atoms with E-state index in [1.807, 2.05) is 12.1 Å². The molecule has 0 fully saturated rings. The fourth-order valence-corrected chi connectivity index (χ4v) is 3.70. The lowest BCUT2D eigenvalue weighted by Crippen LogP contribution is -2.19. The van der Waals surface area contributed by atoms with Gasteiger partial charge in [0.05, 0.1) is 10.4 Å². The molecule has 2 N–H and O–H groups in total. The molecular weight excluding hydrogens is 370 g/mol. The molecule has 1 aromatic heterocycles. The summed E-state index contributed by atoms with van der Waals surface area (Å²) in [5.74, 6) is -0.331. The normalized spacial score (nSPS) is 13.4. The van der Waals surface area contributed by atoms with Crippen LogP contribution >= 0.6 is 0 Å². The lowest BCUT2D eigenvalue weighted by Gasteiger charge is -2.17. The molecule has 2 aromatic carbocycles. The Morgan fingerprint density at radius 1 is 1.07 bits per heavy atom. The Balaban J connectivity index is 1.52. The first-order valence-corrected chi connectivity index (χ1v) is 9.42. The number of carbonyl (C=O) groups is 1. The van der Waals surface area contributed by atoms with E-state index in [2.05, 4.69) is 10.3 Å². The van der Waals surface area contributed by atoms with Gasteiger partial charge < -0.3 is 10.3 Å². The fraction of sp³-hybridized carbons (Fsp3) is 0.182. The van der Waals surface area contributed by atoms with Crippen molar-refractivity contribution >= 4 is 34.3 Å². The monoisotopic (exact) mass is 389 g/mol. The van der Waals surface area contributed by atoms with Crippen molar-refractivity contribution < 1.29 is 9.72 Å². The van der Waals surface area contributed by atoms with E-state index in [-0.39, 0.29) is 17.2 Å². The number of nitrogens with zero attached hydrogens (tertiary/aromatic N) is 1. The Kier molecular flexibility index (Phi) is 4.95. The summed E-state index contributed by atoms with van der Waals surface area (Å²) < 4.78 is 0. The van der Waals surface area contributed by atoms with Gasteiger partial charge in [0.25, 0.3) is 11.2 Å². The molecule has 1 heterocycles. The molecule has 1 aliphatic rings. The van der Waals surface area contributed by atoms with Crippen molar-refractivity contribution in [2.45, 2.75) is 25.7 Å². The number of amides is 1. The second-order valence-corrected chi connectivity index (χ2v) is 7.05. The Bertz CT molecular complexity index is 1190. The summed E-state index contributed by atoms with van der Waals surface area (Å²) in [4.78, 5) is 37.7. The number of benzene rings is 2. The molecule has 0 radical (unpaired) electrons. The van der Waals surface area contributed by atoms with E-state index in [0.717, 1.165) is 42.2 Å². The van der Waals surface area contributed by atoms with E-state index < -0.39 is 4.92 Å². The first-order chi connectivity index (χ1) is 14.0. The Labute approximate surface area is 166 Å². The maximum Gasteiger partial charge on any atom is 0.269 e. The van der Waals surface area contributed by atoms with Gasteiger partial charge in [-0.2, -0.15) is 0 Å². The fourth-order valence-electron chi connectivity index (χ4n) is 3.70. The van der Waals surface area contributed by atoms with Crippen LogP contribution in [-0.2, 0) is 17.6 Å². The first kappa shape index (κ1) is 18.6. The van der Waals surface area contributed by atoms with Crippen LogP contribution in [0.4, 0.5) is 11.4 Å². The number of H-pyrrole nitrogens is 1. The van der Waals surface area contributed by atoms with Crippen LogP contribution in [0.3, 0.4) is 0 Å². The number of nitrogens with one attached hydrogen (secondary N) is 2. The Hall–Kier alpha value is -3.74. The van der Waals surface area contributed by atoms with Crippen molar-refractivity contribution in [3.63, 3.8) is 0 Å². The number of hydrogen-bond donors (Lipinski definition) is 2. The standard InChI is InChI=1S/C22H19N3O4/c26-21(12-7-14-5-9-16(10-6-14)25(28)29)23-15-8-11-18-17-3-1-2-4-19(17)22(27)24-20(18)13-15/h5-13H,1-4H2,(H,23,26)(H,24,27)/b12-7-. The van der Waals surface area contributed by atoms with Crippen LogP contribution in [0.25, 0.3) is 17.0 Å². The highest BCUT2D eigenvalue weighted by atomic mass is 16.6. The molecule has 7 nitrogen and oxygen atoms in total. The van der Waals surface area contributed by atoms with Crippen molar-refractivity contribution in [1.82, 2.24) is 4.98 Å². The third-order valence-electron chi connectivity index (χ3n) is 5.13. The smallest absolute Gasteiger partial charge is 0.269 e. The highest BCUT2D eigenvalue weighted by molar-refractivity contribution is 6.03. The van der Waals surface area contributed by atoms with Gasteiger partial charge >= 0.3 is 0 Å². The average Bonchev–Trinajstić information content (AvgIpc) is 2.72. The van der Waals surface area contributed by atoms with Crippen molar-refractivity contribution in [1.29, 1.82) is 0 Å². The molecule has 0 atom stereocenters. The zero-order chi connectivity index (χ0) is 20.4. The lowest BCUT2D eigenvalue weighted by atomic mass is 9.90. The van der Waals surface area contributed by atoms with E-state index in [1.54, 1.807) is 24.3 Å². The van der Waals surface area contributed by atoms with Crippen LogP contribution in [0.5, 0.6) is 0 Å². The van der Waals surface area contributed by atoms with Gasteiger partial charge in [0.1, 0.15) is 0 Å². The van der Waals surface area contributed by atoms with Gasteiger partial charge in [-0.3, -0.25) is 19.7 Å². The molecule has 0 bridgehead atoms. The van der Waals surface area contributed by atoms with Crippen LogP contribution in [0, 0.1) is 10.1 Å². The van der Waals surface area contributed by atoms with Crippen LogP contribution < -0.4 is 10.9 Å². The van der Waals surface area contributed by atoms with Crippen LogP contribution in [0.15, 0.2) is 53.3 Å². The molecule has 0 unspecified atom stereocenters. The summed E-state index contributed by atoms with van der Waals surface area (Å²) in [5, 5.41) is 14.5. The van der Waals surface area contributed by atoms with Crippen LogP contribution in [0.2, 0.25) is 0 Å². The van der Waals surface area contributed by atoms with Gasteiger partial charge in [-0.25, -0.2) is 0 Å². The highest BCUT2D eigenvalue weighted by Crippen LogP contribution is 2.27. The number of aromatic amines is 1. The van der Waals surface area contributed by atoms with Crippen molar-refractivity contribution in [3.8, 4) is 0 Å². The number of pyridine rings is 1. The zero-order valence-corrected chi connectivity index (χ0v) is 15.6. The number of aryl methyl sites for hydroxylation is 1. The molecule has 146 valence electrons. The van der Waals surface area contributed by atoms with Crippen molar-refractivity contribution in [2.24, 2.45) is 0 Å². The molecule has 1 aliphatic carbocycles. The minimum Gasteiger partial charge on any atom is -0.322 e. The zero-order valence-electron chi connectivity index (χ0n) is 15.6. The van der Waals surface area contributed by atoms with Gasteiger partial charge in [-0.05, 0) is 67.2 Å². The number of anilines is 1. The summed E-state index contributed by atoms with van der Waals surface area (Å²) in [5.41, 5.74) is 3.93. The van der Waals surface area contributed by atoms with E-state index >= 15 is 0 Å². The summed E-state index contributed by atoms with van der Waals surface area (Å²) in [6, 6.07) is 11.5. The number of nitro benzene ring substituents is 1. The molecular formula is C22H19N3O4. The first-order valence-electron chi connectivity index (χ1n) is 9.42. The maximum absolute atomic E-state index is 12.3. The van der Waals surface area contributed by atoms with E-state index in [9.17, 15) is 19.7 Å². The second kappa shape index (κ2) is 7.71. The molecule has 0 aliphatic heterocycles. The molecule has 0 saturated heterocycles. The van der Waals surface area contributed by atoms with Gasteiger partial charge in [-0.15, -0.1) is 0 Å². The SMILES string of the molecule is O=C(/C=C\c1ccc([N+](=O)[O-])cc1)Nc1ccc2c3c(c(=O)[nH]c2c1)CCCC3. The number of non-ortho nitro benzene ring substituents is 1. The van der Waals surface area contributed by atoms with Crippen LogP contribution in [-0.4, -0.2) is 15.8 Å². The maximum atomic E-state index is 12.3. The molecule has 0 spiro atoms.